The molecule has 22 heavy (non-hydrogen) atoms. The molecule has 132 valence electrons. The molecule has 14 nitrogen and oxygen atoms in total. The molecule has 0 rings (SSSR count). The number of phosphoric ester groups is 2. The Bertz CT molecular complexity index is 466. The molecule has 0 amide bonds. The van der Waals surface area contributed by atoms with Crippen molar-refractivity contribution in [3.8, 4) is 0 Å². The van der Waals surface area contributed by atoms with E-state index in [0.29, 0.717) is 0 Å². The number of hydrogen-bond donors (Lipinski definition) is 9. The van der Waals surface area contributed by atoms with Crippen molar-refractivity contribution >= 4 is 21.6 Å². The third-order valence-corrected chi connectivity index (χ3v) is 2.92. The third-order valence-electron chi connectivity index (χ3n) is 2.01. The first-order chi connectivity index (χ1) is 9.65. The van der Waals surface area contributed by atoms with Gasteiger partial charge in [-0.25, -0.2) is 13.9 Å². The normalized spacial score (nSPS) is 19.9. The van der Waals surface area contributed by atoms with E-state index in [9.17, 15) is 29.2 Å². The second kappa shape index (κ2) is 7.88. The maximum Gasteiger partial charge on any atom is 0.527 e. The van der Waals surface area contributed by atoms with Crippen molar-refractivity contribution in [2.24, 2.45) is 0 Å². The Kier molecular flexibility index (Phi) is 7.71. The number of carbonyl (C=O) groups is 1. The van der Waals surface area contributed by atoms with Crippen LogP contribution in [-0.4, -0.2) is 81.8 Å². The molecule has 0 spiro atoms. The van der Waals surface area contributed by atoms with Crippen molar-refractivity contribution in [2.45, 2.75) is 30.7 Å². The average molecular weight is 372 g/mol. The van der Waals surface area contributed by atoms with Crippen LogP contribution in [0.3, 0.4) is 0 Å². The minimum atomic E-state index is -5.36. The van der Waals surface area contributed by atoms with E-state index in [1.165, 1.54) is 0 Å². The van der Waals surface area contributed by atoms with Gasteiger partial charge in [-0.05, 0) is 0 Å². The predicted octanol–water partition coefficient (Wildman–Crippen LogP) is -4.51. The van der Waals surface area contributed by atoms with Gasteiger partial charge in [0, 0.05) is 0 Å². The smallest absolute Gasteiger partial charge is 0.387 e. The minimum absolute atomic E-state index is 2.07. The van der Waals surface area contributed by atoms with Gasteiger partial charge in [0.05, 0.1) is 0 Å². The second-order valence-electron chi connectivity index (χ2n) is 3.80. The van der Waals surface area contributed by atoms with Crippen LogP contribution in [0.1, 0.15) is 0 Å². The topological polar surface area (TPSA) is 252 Å². The largest absolute Gasteiger partial charge is 0.527 e. The Morgan fingerprint density at radius 1 is 0.773 bits per heavy atom. The highest BCUT2D eigenvalue weighted by molar-refractivity contribution is 7.47. The van der Waals surface area contributed by atoms with Crippen molar-refractivity contribution in [3.63, 3.8) is 0 Å². The van der Waals surface area contributed by atoms with Crippen LogP contribution < -0.4 is 0 Å². The van der Waals surface area contributed by atoms with Gasteiger partial charge in [-0.2, -0.15) is 0 Å². The molecular weight excluding hydrogens is 358 g/mol. The molecule has 0 aromatic carbocycles. The van der Waals surface area contributed by atoms with Gasteiger partial charge in [0.1, 0.15) is 18.3 Å². The van der Waals surface area contributed by atoms with Crippen molar-refractivity contribution < 1.29 is 68.1 Å². The molecule has 0 saturated carbocycles. The molecule has 1 unspecified atom stereocenters. The number of carbonyl (C=O) groups excluding carboxylic acids is 1. The average Bonchev–Trinajstić information content (AvgIpc) is 2.30. The van der Waals surface area contributed by atoms with Crippen LogP contribution in [0.4, 0.5) is 0 Å². The van der Waals surface area contributed by atoms with Crippen LogP contribution in [0.5, 0.6) is 0 Å². The zero-order chi connectivity index (χ0) is 17.9. The molecule has 0 radical (unpaired) electrons. The van der Waals surface area contributed by atoms with E-state index < -0.39 is 52.3 Å². The zero-order valence-corrected chi connectivity index (χ0v) is 12.1. The lowest BCUT2D eigenvalue weighted by Crippen LogP contribution is -2.51. The van der Waals surface area contributed by atoms with Crippen molar-refractivity contribution in [1.82, 2.24) is 0 Å². The first-order valence-electron chi connectivity index (χ1n) is 5.09. The van der Waals surface area contributed by atoms with E-state index in [4.69, 9.17) is 29.8 Å². The number of aliphatic hydroxyl groups is 5. The van der Waals surface area contributed by atoms with Gasteiger partial charge in [-0.1, -0.05) is 0 Å². The van der Waals surface area contributed by atoms with Gasteiger partial charge in [0.15, 0.2) is 12.4 Å². The highest BCUT2D eigenvalue weighted by Crippen LogP contribution is 2.38. The molecule has 0 aliphatic heterocycles. The maximum atomic E-state index is 11.0. The Balaban J connectivity index is 4.83. The summed E-state index contributed by atoms with van der Waals surface area (Å²) in [6, 6.07) is 0. The molecule has 0 fully saturated rings. The van der Waals surface area contributed by atoms with E-state index in [1.54, 1.807) is 0 Å². The highest BCUT2D eigenvalue weighted by Gasteiger charge is 2.41. The van der Waals surface area contributed by atoms with E-state index in [-0.39, 0.29) is 0 Å². The zero-order valence-electron chi connectivity index (χ0n) is 10.3. The van der Waals surface area contributed by atoms with Crippen molar-refractivity contribution in [3.05, 3.63) is 0 Å². The standard InChI is InChI=1S/C6H14O14P2/c7-1(3(9)5(11)19-21(13,14)15)2(8)4(10)6(12)20-22(16,17)18/h1-5,7-11H,(H2,13,14,15)(H2,16,17,18)/t1-,2+,3-,4+,5?/m0/s1. The Hall–Kier alpha value is -0.470. The summed E-state index contributed by atoms with van der Waals surface area (Å²) >= 11 is 0. The van der Waals surface area contributed by atoms with Crippen molar-refractivity contribution in [1.29, 1.82) is 0 Å². The lowest BCUT2D eigenvalue weighted by Gasteiger charge is -2.28. The van der Waals surface area contributed by atoms with Crippen LogP contribution in [-0.2, 0) is 23.0 Å². The molecular formula is C6H14O14P2. The molecule has 0 aromatic rings. The summed E-state index contributed by atoms with van der Waals surface area (Å²) in [6.45, 7) is 0. The number of hydrogen-bond acceptors (Lipinski definition) is 10. The molecule has 0 heterocycles. The van der Waals surface area contributed by atoms with Gasteiger partial charge < -0.3 is 39.8 Å². The SMILES string of the molecule is O=C(OP(=O)(O)O)[C@H](O)[C@H](O)[C@H](O)[C@H](O)C(O)OP(=O)(O)O. The van der Waals surface area contributed by atoms with Gasteiger partial charge in [-0.3, -0.25) is 14.3 Å². The van der Waals surface area contributed by atoms with E-state index in [0.717, 1.165) is 0 Å². The van der Waals surface area contributed by atoms with Gasteiger partial charge in [0.2, 0.25) is 0 Å². The predicted molar refractivity (Wildman–Crippen MR) is 61.3 cm³/mol. The van der Waals surface area contributed by atoms with Gasteiger partial charge in [-0.15, -0.1) is 0 Å². The molecule has 0 aliphatic rings. The lowest BCUT2D eigenvalue weighted by atomic mass is 10.0. The second-order valence-corrected chi connectivity index (χ2v) is 6.16. The molecule has 0 aromatic heterocycles. The van der Waals surface area contributed by atoms with Gasteiger partial charge in [0.25, 0.3) is 0 Å². The third kappa shape index (κ3) is 7.69. The first kappa shape index (κ1) is 21.5. The molecule has 16 heteroatoms. The summed E-state index contributed by atoms with van der Waals surface area (Å²) in [5.41, 5.74) is 0. The fraction of sp³-hybridized carbons (Fsp3) is 0.833. The molecule has 0 bridgehead atoms. The maximum absolute atomic E-state index is 11.0. The first-order valence-corrected chi connectivity index (χ1v) is 8.15. The van der Waals surface area contributed by atoms with E-state index in [2.05, 4.69) is 9.05 Å². The van der Waals surface area contributed by atoms with Crippen LogP contribution in [0.2, 0.25) is 0 Å². The molecule has 5 atom stereocenters. The van der Waals surface area contributed by atoms with Crippen LogP contribution in [0.25, 0.3) is 0 Å². The fourth-order valence-corrected chi connectivity index (χ4v) is 1.82. The number of aliphatic hydroxyl groups excluding tert-OH is 5. The molecule has 9 N–H and O–H groups in total. The summed E-state index contributed by atoms with van der Waals surface area (Å²) in [5, 5.41) is 46.0. The van der Waals surface area contributed by atoms with Crippen LogP contribution in [0, 0.1) is 0 Å². The quantitative estimate of drug-likeness (QED) is 0.144. The van der Waals surface area contributed by atoms with Crippen LogP contribution in [0.15, 0.2) is 0 Å². The minimum Gasteiger partial charge on any atom is -0.387 e. The van der Waals surface area contributed by atoms with Crippen LogP contribution >= 0.6 is 15.6 Å². The Morgan fingerprint density at radius 3 is 1.59 bits per heavy atom. The summed E-state index contributed by atoms with van der Waals surface area (Å²) in [6.07, 6.45) is -13.4. The van der Waals surface area contributed by atoms with Gasteiger partial charge >= 0.3 is 21.6 Å². The lowest BCUT2D eigenvalue weighted by molar-refractivity contribution is -0.189. The molecule has 0 saturated heterocycles. The highest BCUT2D eigenvalue weighted by atomic mass is 31.2. The van der Waals surface area contributed by atoms with E-state index in [1.807, 2.05) is 0 Å². The van der Waals surface area contributed by atoms with Crippen molar-refractivity contribution in [2.75, 3.05) is 0 Å². The Labute approximate surface area is 121 Å². The number of rotatable bonds is 8. The monoisotopic (exact) mass is 372 g/mol. The fourth-order valence-electron chi connectivity index (χ4n) is 1.07. The summed E-state index contributed by atoms with van der Waals surface area (Å²) in [7, 11) is -10.6. The summed E-state index contributed by atoms with van der Waals surface area (Å²) in [4.78, 5) is 44.3. The number of phosphoric acid groups is 2. The Morgan fingerprint density at radius 2 is 1.23 bits per heavy atom. The summed E-state index contributed by atoms with van der Waals surface area (Å²) in [5.74, 6) is -2.07. The molecule has 0 aliphatic carbocycles. The summed E-state index contributed by atoms with van der Waals surface area (Å²) < 4.78 is 27.7. The van der Waals surface area contributed by atoms with E-state index >= 15 is 0 Å².